The summed E-state index contributed by atoms with van der Waals surface area (Å²) in [5, 5.41) is 12.3. The number of rotatable bonds is 3. The van der Waals surface area contributed by atoms with Gasteiger partial charge in [-0.15, -0.1) is 0 Å². The van der Waals surface area contributed by atoms with Crippen molar-refractivity contribution in [1.82, 2.24) is 4.98 Å². The van der Waals surface area contributed by atoms with E-state index in [9.17, 15) is 0 Å². The van der Waals surface area contributed by atoms with Crippen molar-refractivity contribution in [3.63, 3.8) is 0 Å². The maximum atomic E-state index is 8.86. The minimum Gasteiger partial charge on any atom is -0.464 e. The van der Waals surface area contributed by atoms with Gasteiger partial charge in [0.2, 0.25) is 0 Å². The zero-order valence-electron chi connectivity index (χ0n) is 10.1. The van der Waals surface area contributed by atoms with E-state index in [1.54, 1.807) is 6.07 Å². The zero-order chi connectivity index (χ0) is 13.1. The van der Waals surface area contributed by atoms with E-state index < -0.39 is 0 Å². The first-order valence-corrected chi connectivity index (χ1v) is 5.87. The lowest BCUT2D eigenvalue weighted by atomic mass is 10.2. The molecule has 2 heterocycles. The average molecular weight is 262 g/mol. The lowest BCUT2D eigenvalue weighted by molar-refractivity contribution is 0.466. The smallest absolute Gasteiger partial charge is 0.132 e. The topological polar surface area (TPSA) is 61.9 Å². The number of aryl methyl sites for hydroxylation is 1. The van der Waals surface area contributed by atoms with Gasteiger partial charge in [0.15, 0.2) is 0 Å². The van der Waals surface area contributed by atoms with Crippen molar-refractivity contribution in [2.45, 2.75) is 19.9 Å². The molecule has 18 heavy (non-hydrogen) atoms. The van der Waals surface area contributed by atoms with Crippen molar-refractivity contribution < 1.29 is 4.42 Å². The number of anilines is 1. The van der Waals surface area contributed by atoms with Crippen LogP contribution in [0.5, 0.6) is 0 Å². The summed E-state index contributed by atoms with van der Waals surface area (Å²) in [4.78, 5) is 4.12. The second-order valence-electron chi connectivity index (χ2n) is 3.99. The monoisotopic (exact) mass is 261 g/mol. The number of pyridine rings is 1. The quantitative estimate of drug-likeness (QED) is 0.856. The molecule has 0 aliphatic rings. The summed E-state index contributed by atoms with van der Waals surface area (Å²) in [7, 11) is 0. The number of nitrogens with one attached hydrogen (secondary N) is 1. The standard InChI is InChI=1S/C13H12ClN3O/c1-8-3-4-11(18-8)9(2)16-13-6-10(7-15)5-12(14)17-13/h3-6,9H,1-2H3,(H,16,17). The number of hydrogen-bond acceptors (Lipinski definition) is 4. The van der Waals surface area contributed by atoms with E-state index in [-0.39, 0.29) is 6.04 Å². The van der Waals surface area contributed by atoms with Gasteiger partial charge in [-0.1, -0.05) is 11.6 Å². The fourth-order valence-corrected chi connectivity index (χ4v) is 1.82. The van der Waals surface area contributed by atoms with Crippen LogP contribution >= 0.6 is 11.6 Å². The second kappa shape index (κ2) is 5.11. The van der Waals surface area contributed by atoms with Crippen LogP contribution in [0.25, 0.3) is 0 Å². The molecule has 1 N–H and O–H groups in total. The molecule has 0 aliphatic heterocycles. The Morgan fingerprint density at radius 2 is 2.22 bits per heavy atom. The van der Waals surface area contributed by atoms with Crippen LogP contribution in [0, 0.1) is 18.3 Å². The third kappa shape index (κ3) is 2.82. The van der Waals surface area contributed by atoms with Crippen molar-refractivity contribution in [2.24, 2.45) is 0 Å². The van der Waals surface area contributed by atoms with Crippen LogP contribution in [-0.2, 0) is 0 Å². The number of halogens is 1. The van der Waals surface area contributed by atoms with Crippen LogP contribution in [0.1, 0.15) is 30.0 Å². The number of nitriles is 1. The van der Waals surface area contributed by atoms with Crippen molar-refractivity contribution >= 4 is 17.4 Å². The average Bonchev–Trinajstić information content (AvgIpc) is 2.75. The molecule has 0 aromatic carbocycles. The molecule has 0 fully saturated rings. The van der Waals surface area contributed by atoms with E-state index in [1.807, 2.05) is 32.0 Å². The molecule has 0 saturated carbocycles. The Morgan fingerprint density at radius 3 is 2.83 bits per heavy atom. The summed E-state index contributed by atoms with van der Waals surface area (Å²) in [5.74, 6) is 2.23. The van der Waals surface area contributed by atoms with Crippen molar-refractivity contribution in [2.75, 3.05) is 5.32 Å². The third-order valence-corrected chi connectivity index (χ3v) is 2.67. The molecule has 4 nitrogen and oxygen atoms in total. The lowest BCUT2D eigenvalue weighted by Gasteiger charge is -2.12. The summed E-state index contributed by atoms with van der Waals surface area (Å²) < 4.78 is 5.52. The van der Waals surface area contributed by atoms with Crippen LogP contribution in [0.4, 0.5) is 5.82 Å². The molecule has 92 valence electrons. The highest BCUT2D eigenvalue weighted by molar-refractivity contribution is 6.29. The van der Waals surface area contributed by atoms with Gasteiger partial charge in [-0.25, -0.2) is 4.98 Å². The summed E-state index contributed by atoms with van der Waals surface area (Å²) in [6.45, 7) is 3.84. The molecule has 0 bridgehead atoms. The number of aromatic nitrogens is 1. The van der Waals surface area contributed by atoms with Gasteiger partial charge in [0.1, 0.15) is 22.5 Å². The Kier molecular flexibility index (Phi) is 3.54. The highest BCUT2D eigenvalue weighted by Gasteiger charge is 2.10. The van der Waals surface area contributed by atoms with Gasteiger partial charge in [0.25, 0.3) is 0 Å². The highest BCUT2D eigenvalue weighted by atomic mass is 35.5. The Labute approximate surface area is 110 Å². The largest absolute Gasteiger partial charge is 0.464 e. The summed E-state index contributed by atoms with van der Waals surface area (Å²) in [6.07, 6.45) is 0. The van der Waals surface area contributed by atoms with E-state index >= 15 is 0 Å². The van der Waals surface area contributed by atoms with Crippen LogP contribution in [0.3, 0.4) is 0 Å². The molecular weight excluding hydrogens is 250 g/mol. The molecule has 0 spiro atoms. The van der Waals surface area contributed by atoms with Gasteiger partial charge < -0.3 is 9.73 Å². The first kappa shape index (κ1) is 12.5. The molecule has 1 unspecified atom stereocenters. The predicted molar refractivity (Wildman–Crippen MR) is 69.4 cm³/mol. The van der Waals surface area contributed by atoms with E-state index in [2.05, 4.69) is 10.3 Å². The van der Waals surface area contributed by atoms with Crippen LogP contribution in [0.2, 0.25) is 5.15 Å². The summed E-state index contributed by atoms with van der Waals surface area (Å²) in [5.41, 5.74) is 0.473. The Balaban J connectivity index is 2.19. The minimum atomic E-state index is -0.0452. The van der Waals surface area contributed by atoms with Gasteiger partial charge in [0, 0.05) is 0 Å². The van der Waals surface area contributed by atoms with E-state index in [0.717, 1.165) is 11.5 Å². The minimum absolute atomic E-state index is 0.0452. The molecule has 2 rings (SSSR count). The maximum Gasteiger partial charge on any atom is 0.132 e. The number of furan rings is 1. The van der Waals surface area contributed by atoms with Crippen LogP contribution < -0.4 is 5.32 Å². The van der Waals surface area contributed by atoms with E-state index in [4.69, 9.17) is 21.3 Å². The Morgan fingerprint density at radius 1 is 1.44 bits per heavy atom. The molecule has 2 aromatic heterocycles. The Bertz CT molecular complexity index is 601. The Hall–Kier alpha value is -1.99. The third-order valence-electron chi connectivity index (χ3n) is 2.48. The summed E-state index contributed by atoms with van der Waals surface area (Å²) in [6, 6.07) is 8.97. The molecule has 0 radical (unpaired) electrons. The van der Waals surface area contributed by atoms with Crippen molar-refractivity contribution in [1.29, 1.82) is 5.26 Å². The SMILES string of the molecule is Cc1ccc(C(C)Nc2cc(C#N)cc(Cl)n2)o1. The maximum absolute atomic E-state index is 8.86. The first-order valence-electron chi connectivity index (χ1n) is 5.49. The fourth-order valence-electron chi connectivity index (χ4n) is 1.61. The molecule has 5 heteroatoms. The highest BCUT2D eigenvalue weighted by Crippen LogP contribution is 2.21. The number of hydrogen-bond donors (Lipinski definition) is 1. The van der Waals surface area contributed by atoms with Gasteiger partial charge in [0.05, 0.1) is 17.7 Å². The first-order chi connectivity index (χ1) is 8.58. The van der Waals surface area contributed by atoms with Gasteiger partial charge >= 0.3 is 0 Å². The molecule has 0 aliphatic carbocycles. The lowest BCUT2D eigenvalue weighted by Crippen LogP contribution is -2.07. The molecule has 0 saturated heterocycles. The van der Waals surface area contributed by atoms with Gasteiger partial charge in [-0.05, 0) is 38.1 Å². The molecule has 0 amide bonds. The fraction of sp³-hybridized carbons (Fsp3) is 0.231. The van der Waals surface area contributed by atoms with E-state index in [0.29, 0.717) is 16.5 Å². The predicted octanol–water partition coefficient (Wildman–Crippen LogP) is 3.68. The second-order valence-corrected chi connectivity index (χ2v) is 4.38. The molecular formula is C13H12ClN3O. The van der Waals surface area contributed by atoms with Crippen molar-refractivity contribution in [3.05, 3.63) is 46.5 Å². The number of nitrogens with zero attached hydrogens (tertiary/aromatic N) is 2. The molecule has 1 atom stereocenters. The normalized spacial score (nSPS) is 11.9. The van der Waals surface area contributed by atoms with E-state index in [1.165, 1.54) is 6.07 Å². The van der Waals surface area contributed by atoms with Crippen LogP contribution in [0.15, 0.2) is 28.7 Å². The van der Waals surface area contributed by atoms with Gasteiger partial charge in [-0.3, -0.25) is 0 Å². The van der Waals surface area contributed by atoms with Crippen molar-refractivity contribution in [3.8, 4) is 6.07 Å². The van der Waals surface area contributed by atoms with Crippen LogP contribution in [-0.4, -0.2) is 4.98 Å². The zero-order valence-corrected chi connectivity index (χ0v) is 10.8. The summed E-state index contributed by atoms with van der Waals surface area (Å²) >= 11 is 5.84. The molecule has 2 aromatic rings. The van der Waals surface area contributed by atoms with Gasteiger partial charge in [-0.2, -0.15) is 5.26 Å².